The number of rotatable bonds is 3. The molecule has 20 heavy (non-hydrogen) atoms. The Balaban J connectivity index is 1.72. The molecule has 3 rings (SSSR count). The SMILES string of the molecule is OC1CCCN(Cc2noc(-c3ccccc3Cl)n2)C1. The van der Waals surface area contributed by atoms with Crippen LogP contribution >= 0.6 is 11.6 Å². The zero-order valence-corrected chi connectivity index (χ0v) is 11.8. The molecule has 1 aliphatic rings. The van der Waals surface area contributed by atoms with Crippen molar-refractivity contribution in [2.24, 2.45) is 0 Å². The number of halogens is 1. The lowest BCUT2D eigenvalue weighted by Crippen LogP contribution is -2.37. The Morgan fingerprint density at radius 1 is 1.40 bits per heavy atom. The van der Waals surface area contributed by atoms with Gasteiger partial charge in [0, 0.05) is 6.54 Å². The summed E-state index contributed by atoms with van der Waals surface area (Å²) in [6, 6.07) is 7.39. The van der Waals surface area contributed by atoms with Crippen LogP contribution in [0.4, 0.5) is 0 Å². The molecule has 0 spiro atoms. The van der Waals surface area contributed by atoms with Crippen molar-refractivity contribution in [3.8, 4) is 11.5 Å². The van der Waals surface area contributed by atoms with Gasteiger partial charge < -0.3 is 9.63 Å². The maximum atomic E-state index is 9.65. The number of hydrogen-bond acceptors (Lipinski definition) is 5. The minimum absolute atomic E-state index is 0.251. The number of aromatic nitrogens is 2. The van der Waals surface area contributed by atoms with Crippen LogP contribution in [-0.2, 0) is 6.54 Å². The van der Waals surface area contributed by atoms with E-state index in [4.69, 9.17) is 16.1 Å². The molecule has 1 aliphatic heterocycles. The number of benzene rings is 1. The maximum Gasteiger partial charge on any atom is 0.259 e. The van der Waals surface area contributed by atoms with Gasteiger partial charge in [-0.1, -0.05) is 28.9 Å². The fraction of sp³-hybridized carbons (Fsp3) is 0.429. The van der Waals surface area contributed by atoms with Crippen LogP contribution in [0, 0.1) is 0 Å². The Labute approximate surface area is 122 Å². The van der Waals surface area contributed by atoms with E-state index < -0.39 is 0 Å². The minimum atomic E-state index is -0.251. The van der Waals surface area contributed by atoms with Gasteiger partial charge in [0.15, 0.2) is 5.82 Å². The second-order valence-electron chi connectivity index (χ2n) is 5.03. The molecule has 1 saturated heterocycles. The fourth-order valence-corrected chi connectivity index (χ4v) is 2.65. The molecule has 0 saturated carbocycles. The van der Waals surface area contributed by atoms with Gasteiger partial charge in [0.1, 0.15) is 0 Å². The number of likely N-dealkylation sites (tertiary alicyclic amines) is 1. The summed E-state index contributed by atoms with van der Waals surface area (Å²) in [4.78, 5) is 6.51. The summed E-state index contributed by atoms with van der Waals surface area (Å²) in [7, 11) is 0. The van der Waals surface area contributed by atoms with Crippen molar-refractivity contribution in [1.29, 1.82) is 0 Å². The summed E-state index contributed by atoms with van der Waals surface area (Å²) < 4.78 is 5.27. The second kappa shape index (κ2) is 5.91. The van der Waals surface area contributed by atoms with E-state index in [1.807, 2.05) is 18.2 Å². The van der Waals surface area contributed by atoms with Crippen LogP contribution in [-0.4, -0.2) is 39.3 Å². The molecule has 2 heterocycles. The van der Waals surface area contributed by atoms with E-state index in [9.17, 15) is 5.11 Å². The molecule has 1 atom stereocenters. The highest BCUT2D eigenvalue weighted by Gasteiger charge is 2.20. The van der Waals surface area contributed by atoms with Crippen molar-refractivity contribution in [3.05, 3.63) is 35.1 Å². The average Bonchev–Trinajstić information content (AvgIpc) is 2.87. The lowest BCUT2D eigenvalue weighted by molar-refractivity contribution is 0.0651. The van der Waals surface area contributed by atoms with Gasteiger partial charge in [-0.3, -0.25) is 4.90 Å². The molecule has 1 N–H and O–H groups in total. The van der Waals surface area contributed by atoms with Crippen LogP contribution < -0.4 is 0 Å². The molecule has 1 fully saturated rings. The first kappa shape index (κ1) is 13.5. The molecule has 0 bridgehead atoms. The van der Waals surface area contributed by atoms with Gasteiger partial charge in [0.25, 0.3) is 5.89 Å². The predicted octanol–water partition coefficient (Wildman–Crippen LogP) is 2.35. The molecule has 5 nitrogen and oxygen atoms in total. The standard InChI is InChI=1S/C14H16ClN3O2/c15-12-6-2-1-5-11(12)14-16-13(17-20-14)9-18-7-3-4-10(19)8-18/h1-2,5-6,10,19H,3-4,7-9H2. The zero-order valence-electron chi connectivity index (χ0n) is 11.0. The third-order valence-electron chi connectivity index (χ3n) is 3.42. The van der Waals surface area contributed by atoms with Crippen LogP contribution in [0.5, 0.6) is 0 Å². The van der Waals surface area contributed by atoms with Crippen LogP contribution in [0.3, 0.4) is 0 Å². The fourth-order valence-electron chi connectivity index (χ4n) is 2.44. The van der Waals surface area contributed by atoms with E-state index in [-0.39, 0.29) is 6.10 Å². The summed E-state index contributed by atoms with van der Waals surface area (Å²) in [6.07, 6.45) is 1.61. The third-order valence-corrected chi connectivity index (χ3v) is 3.75. The van der Waals surface area contributed by atoms with Crippen LogP contribution in [0.25, 0.3) is 11.5 Å². The van der Waals surface area contributed by atoms with Gasteiger partial charge in [0.05, 0.1) is 23.2 Å². The Kier molecular flexibility index (Phi) is 4.00. The van der Waals surface area contributed by atoms with Crippen molar-refractivity contribution in [2.45, 2.75) is 25.5 Å². The van der Waals surface area contributed by atoms with E-state index >= 15 is 0 Å². The lowest BCUT2D eigenvalue weighted by Gasteiger charge is -2.28. The van der Waals surface area contributed by atoms with Gasteiger partial charge in [-0.25, -0.2) is 0 Å². The summed E-state index contributed by atoms with van der Waals surface area (Å²) in [5, 5.41) is 14.2. The van der Waals surface area contributed by atoms with E-state index in [0.717, 1.165) is 24.9 Å². The van der Waals surface area contributed by atoms with Gasteiger partial charge in [-0.05, 0) is 31.5 Å². The molecule has 2 aromatic rings. The monoisotopic (exact) mass is 293 g/mol. The summed E-state index contributed by atoms with van der Waals surface area (Å²) in [6.45, 7) is 2.20. The molecule has 1 aromatic carbocycles. The number of piperidine rings is 1. The highest BCUT2D eigenvalue weighted by atomic mass is 35.5. The number of β-amino-alcohol motifs (C(OH)–C–C–N with tert-alkyl or cyclic N) is 1. The first-order valence-electron chi connectivity index (χ1n) is 6.70. The molecule has 1 unspecified atom stereocenters. The summed E-state index contributed by atoms with van der Waals surface area (Å²) >= 11 is 6.11. The largest absolute Gasteiger partial charge is 0.392 e. The van der Waals surface area contributed by atoms with Gasteiger partial charge in [0.2, 0.25) is 0 Å². The highest BCUT2D eigenvalue weighted by Crippen LogP contribution is 2.26. The average molecular weight is 294 g/mol. The number of aliphatic hydroxyl groups excluding tert-OH is 1. The first-order valence-corrected chi connectivity index (χ1v) is 7.08. The molecular weight excluding hydrogens is 278 g/mol. The Morgan fingerprint density at radius 3 is 3.05 bits per heavy atom. The molecule has 0 aliphatic carbocycles. The van der Waals surface area contributed by atoms with Gasteiger partial charge in [-0.15, -0.1) is 0 Å². The van der Waals surface area contributed by atoms with Gasteiger partial charge >= 0.3 is 0 Å². The summed E-state index contributed by atoms with van der Waals surface area (Å²) in [5.74, 6) is 1.05. The van der Waals surface area contributed by atoms with E-state index in [0.29, 0.717) is 29.8 Å². The number of nitrogens with zero attached hydrogens (tertiary/aromatic N) is 3. The van der Waals surface area contributed by atoms with Gasteiger partial charge in [-0.2, -0.15) is 4.98 Å². The molecule has 0 amide bonds. The Bertz CT molecular complexity index is 587. The predicted molar refractivity (Wildman–Crippen MR) is 75.3 cm³/mol. The second-order valence-corrected chi connectivity index (χ2v) is 5.43. The lowest BCUT2D eigenvalue weighted by atomic mass is 10.1. The maximum absolute atomic E-state index is 9.65. The highest BCUT2D eigenvalue weighted by molar-refractivity contribution is 6.33. The normalized spacial score (nSPS) is 20.2. The topological polar surface area (TPSA) is 62.4 Å². The zero-order chi connectivity index (χ0) is 13.9. The Hall–Kier alpha value is -1.43. The number of aliphatic hydroxyl groups is 1. The van der Waals surface area contributed by atoms with Crippen molar-refractivity contribution >= 4 is 11.6 Å². The molecule has 0 radical (unpaired) electrons. The van der Waals surface area contributed by atoms with E-state index in [1.54, 1.807) is 6.07 Å². The quantitative estimate of drug-likeness (QED) is 0.941. The van der Waals surface area contributed by atoms with Crippen molar-refractivity contribution in [2.75, 3.05) is 13.1 Å². The van der Waals surface area contributed by atoms with E-state index in [1.165, 1.54) is 0 Å². The van der Waals surface area contributed by atoms with Crippen LogP contribution in [0.1, 0.15) is 18.7 Å². The van der Waals surface area contributed by atoms with E-state index in [2.05, 4.69) is 15.0 Å². The molecule has 6 heteroatoms. The molecule has 106 valence electrons. The smallest absolute Gasteiger partial charge is 0.259 e. The van der Waals surface area contributed by atoms with Crippen molar-refractivity contribution < 1.29 is 9.63 Å². The summed E-state index contributed by atoms with van der Waals surface area (Å²) in [5.41, 5.74) is 0.742. The van der Waals surface area contributed by atoms with Crippen LogP contribution in [0.15, 0.2) is 28.8 Å². The minimum Gasteiger partial charge on any atom is -0.392 e. The first-order chi connectivity index (χ1) is 9.72. The third kappa shape index (κ3) is 3.00. The molecular formula is C14H16ClN3O2. The number of hydrogen-bond donors (Lipinski definition) is 1. The van der Waals surface area contributed by atoms with Crippen molar-refractivity contribution in [1.82, 2.24) is 15.0 Å². The van der Waals surface area contributed by atoms with Crippen molar-refractivity contribution in [3.63, 3.8) is 0 Å². The van der Waals surface area contributed by atoms with Crippen LogP contribution in [0.2, 0.25) is 5.02 Å². The molecule has 1 aromatic heterocycles. The Morgan fingerprint density at radius 2 is 2.25 bits per heavy atom.